The molecule has 0 amide bonds. The number of fused-ring (bicyclic) bond motifs is 3. The number of ether oxygens (including phenoxy) is 2. The molecular formula is C31H27N3O5S. The molecule has 0 bridgehead atoms. The Labute approximate surface area is 234 Å². The Hall–Kier alpha value is -4.50. The molecule has 1 aliphatic heterocycles. The van der Waals surface area contributed by atoms with Crippen LogP contribution in [-0.4, -0.2) is 22.7 Å². The molecule has 0 saturated heterocycles. The van der Waals surface area contributed by atoms with Crippen molar-refractivity contribution < 1.29 is 14.4 Å². The van der Waals surface area contributed by atoms with Gasteiger partial charge in [-0.1, -0.05) is 53.8 Å². The van der Waals surface area contributed by atoms with Gasteiger partial charge in [-0.3, -0.25) is 19.5 Å². The lowest BCUT2D eigenvalue weighted by Gasteiger charge is -2.30. The number of hydrogen-bond acceptors (Lipinski definition) is 7. The van der Waals surface area contributed by atoms with Crippen molar-refractivity contribution in [2.75, 3.05) is 13.2 Å². The number of thiazole rings is 1. The standard InChI is InChI=1S/C31H27N3O5S/c1-3-38-22-13-10-21(11-14-22)29-24-15-12-20-7-5-6-8-23(20)28(24)32-31-33(29)30(35)27(40-31)18-19-9-16-26(39-4-2)25(17-19)34(36)37/h5-11,13-14,16-18,29H,3-4,12,15H2,1-2H3. The summed E-state index contributed by atoms with van der Waals surface area (Å²) in [6.45, 7) is 4.61. The SMILES string of the molecule is CCOc1ccc(C2C3=C(N=c4sc(=Cc5ccc(OCC)c([N+](=O)[O-])c5)c(=O)n42)c2ccccc2CC3)cc1. The van der Waals surface area contributed by atoms with Crippen LogP contribution in [0, 0.1) is 10.1 Å². The molecule has 1 aliphatic carbocycles. The Morgan fingerprint density at radius 1 is 1.05 bits per heavy atom. The quantitative estimate of drug-likeness (QED) is 0.236. The maximum Gasteiger partial charge on any atom is 0.311 e. The number of nitrogens with zero attached hydrogens (tertiary/aromatic N) is 3. The summed E-state index contributed by atoms with van der Waals surface area (Å²) in [5.74, 6) is 0.979. The summed E-state index contributed by atoms with van der Waals surface area (Å²) >= 11 is 1.29. The average Bonchev–Trinajstić information content (AvgIpc) is 3.27. The highest BCUT2D eigenvalue weighted by molar-refractivity contribution is 7.07. The van der Waals surface area contributed by atoms with Gasteiger partial charge in [-0.2, -0.15) is 0 Å². The topological polar surface area (TPSA) is 96.0 Å². The predicted molar refractivity (Wildman–Crippen MR) is 155 cm³/mol. The van der Waals surface area contributed by atoms with E-state index in [1.54, 1.807) is 29.7 Å². The van der Waals surface area contributed by atoms with Crippen molar-refractivity contribution in [2.45, 2.75) is 32.7 Å². The fourth-order valence-corrected chi connectivity index (χ4v) is 6.43. The molecule has 1 unspecified atom stereocenters. The van der Waals surface area contributed by atoms with Crippen molar-refractivity contribution in [1.82, 2.24) is 4.57 Å². The van der Waals surface area contributed by atoms with Crippen molar-refractivity contribution in [3.8, 4) is 11.5 Å². The Balaban J connectivity index is 1.54. The summed E-state index contributed by atoms with van der Waals surface area (Å²) in [6.07, 6.45) is 3.36. The molecular weight excluding hydrogens is 526 g/mol. The Bertz CT molecular complexity index is 1840. The largest absolute Gasteiger partial charge is 0.494 e. The summed E-state index contributed by atoms with van der Waals surface area (Å²) in [5, 5.41) is 11.7. The Morgan fingerprint density at radius 2 is 1.82 bits per heavy atom. The Kier molecular flexibility index (Phi) is 6.81. The molecule has 4 aromatic rings. The van der Waals surface area contributed by atoms with E-state index in [1.165, 1.54) is 23.0 Å². The maximum absolute atomic E-state index is 14.0. The number of aryl methyl sites for hydroxylation is 1. The zero-order valence-electron chi connectivity index (χ0n) is 22.1. The van der Waals surface area contributed by atoms with Gasteiger partial charge in [-0.15, -0.1) is 0 Å². The van der Waals surface area contributed by atoms with Gasteiger partial charge in [0.1, 0.15) is 5.75 Å². The van der Waals surface area contributed by atoms with Crippen molar-refractivity contribution in [1.29, 1.82) is 0 Å². The van der Waals surface area contributed by atoms with Crippen molar-refractivity contribution in [3.63, 3.8) is 0 Å². The highest BCUT2D eigenvalue weighted by atomic mass is 32.1. The second-order valence-electron chi connectivity index (χ2n) is 9.53. The van der Waals surface area contributed by atoms with Crippen molar-refractivity contribution >= 4 is 28.8 Å². The first-order chi connectivity index (χ1) is 19.5. The lowest BCUT2D eigenvalue weighted by molar-refractivity contribution is -0.385. The lowest BCUT2D eigenvalue weighted by Crippen LogP contribution is -2.38. The molecule has 2 aliphatic rings. The van der Waals surface area contributed by atoms with E-state index in [0.717, 1.165) is 41.0 Å². The number of allylic oxidation sites excluding steroid dienone is 1. The van der Waals surface area contributed by atoms with Crippen LogP contribution >= 0.6 is 11.3 Å². The van der Waals surface area contributed by atoms with E-state index in [0.29, 0.717) is 28.1 Å². The van der Waals surface area contributed by atoms with Crippen LogP contribution < -0.4 is 24.4 Å². The monoisotopic (exact) mass is 553 g/mol. The third-order valence-electron chi connectivity index (χ3n) is 7.16. The van der Waals surface area contributed by atoms with Crippen LogP contribution in [0.2, 0.25) is 0 Å². The van der Waals surface area contributed by atoms with Crippen LogP contribution in [0.3, 0.4) is 0 Å². The molecule has 1 atom stereocenters. The van der Waals surface area contributed by atoms with Crippen LogP contribution in [-0.2, 0) is 6.42 Å². The number of hydrogen-bond donors (Lipinski definition) is 0. The van der Waals surface area contributed by atoms with Gasteiger partial charge >= 0.3 is 5.69 Å². The molecule has 0 N–H and O–H groups in total. The summed E-state index contributed by atoms with van der Waals surface area (Å²) < 4.78 is 13.3. The Morgan fingerprint density at radius 3 is 2.58 bits per heavy atom. The zero-order chi connectivity index (χ0) is 27.8. The van der Waals surface area contributed by atoms with Gasteiger partial charge in [0.25, 0.3) is 5.56 Å². The number of rotatable bonds is 7. The molecule has 2 heterocycles. The molecule has 0 fully saturated rings. The van der Waals surface area contributed by atoms with Gasteiger partial charge in [0.2, 0.25) is 0 Å². The van der Waals surface area contributed by atoms with E-state index in [1.807, 2.05) is 43.3 Å². The van der Waals surface area contributed by atoms with Gasteiger partial charge in [-0.05, 0) is 73.2 Å². The number of nitro groups is 1. The third kappa shape index (κ3) is 4.52. The normalized spacial score (nSPS) is 16.1. The minimum Gasteiger partial charge on any atom is -0.494 e. The van der Waals surface area contributed by atoms with Crippen LogP contribution in [0.4, 0.5) is 5.69 Å². The fraction of sp³-hybridized carbons (Fsp3) is 0.226. The molecule has 202 valence electrons. The highest BCUT2D eigenvalue weighted by Gasteiger charge is 2.32. The lowest BCUT2D eigenvalue weighted by atomic mass is 9.83. The first kappa shape index (κ1) is 25.8. The molecule has 40 heavy (non-hydrogen) atoms. The van der Waals surface area contributed by atoms with Crippen LogP contribution in [0.5, 0.6) is 11.5 Å². The molecule has 9 heteroatoms. The third-order valence-corrected chi connectivity index (χ3v) is 8.14. The van der Waals surface area contributed by atoms with E-state index >= 15 is 0 Å². The molecule has 1 aromatic heterocycles. The van der Waals surface area contributed by atoms with Crippen molar-refractivity contribution in [3.05, 3.63) is 124 Å². The minimum atomic E-state index is -0.471. The summed E-state index contributed by atoms with van der Waals surface area (Å²) in [6, 6.07) is 20.6. The molecule has 3 aromatic carbocycles. The van der Waals surface area contributed by atoms with Gasteiger partial charge in [0, 0.05) is 11.6 Å². The maximum atomic E-state index is 14.0. The number of nitro benzene ring substituents is 1. The number of benzene rings is 3. The molecule has 8 nitrogen and oxygen atoms in total. The molecule has 0 radical (unpaired) electrons. The van der Waals surface area contributed by atoms with Crippen LogP contribution in [0.25, 0.3) is 11.8 Å². The van der Waals surface area contributed by atoms with Gasteiger partial charge in [0.15, 0.2) is 10.6 Å². The van der Waals surface area contributed by atoms with Gasteiger partial charge < -0.3 is 9.47 Å². The summed E-state index contributed by atoms with van der Waals surface area (Å²) in [5.41, 5.74) is 5.59. The number of aromatic nitrogens is 1. The fourth-order valence-electron chi connectivity index (χ4n) is 5.43. The second-order valence-corrected chi connectivity index (χ2v) is 10.5. The predicted octanol–water partition coefficient (Wildman–Crippen LogP) is 5.02. The van der Waals surface area contributed by atoms with Gasteiger partial charge in [0.05, 0.1) is 34.4 Å². The minimum absolute atomic E-state index is 0.136. The highest BCUT2D eigenvalue weighted by Crippen LogP contribution is 2.41. The second kappa shape index (κ2) is 10.6. The van der Waals surface area contributed by atoms with E-state index < -0.39 is 4.92 Å². The average molecular weight is 554 g/mol. The molecule has 6 rings (SSSR count). The first-order valence-electron chi connectivity index (χ1n) is 13.3. The van der Waals surface area contributed by atoms with Crippen LogP contribution in [0.1, 0.15) is 48.6 Å². The smallest absolute Gasteiger partial charge is 0.311 e. The zero-order valence-corrected chi connectivity index (χ0v) is 22.9. The summed E-state index contributed by atoms with van der Waals surface area (Å²) in [4.78, 5) is 30.8. The van der Waals surface area contributed by atoms with E-state index in [2.05, 4.69) is 12.1 Å². The van der Waals surface area contributed by atoms with E-state index in [-0.39, 0.29) is 23.0 Å². The molecule has 0 spiro atoms. The first-order valence-corrected chi connectivity index (χ1v) is 14.1. The van der Waals surface area contributed by atoms with Crippen molar-refractivity contribution in [2.24, 2.45) is 4.99 Å². The molecule has 0 saturated carbocycles. The van der Waals surface area contributed by atoms with E-state index in [4.69, 9.17) is 14.5 Å². The summed E-state index contributed by atoms with van der Waals surface area (Å²) in [7, 11) is 0. The van der Waals surface area contributed by atoms with Gasteiger partial charge in [-0.25, -0.2) is 4.99 Å². The van der Waals surface area contributed by atoms with E-state index in [9.17, 15) is 14.9 Å². The van der Waals surface area contributed by atoms with Crippen LogP contribution in [0.15, 0.2) is 82.1 Å².